The van der Waals surface area contributed by atoms with Gasteiger partial charge in [0.15, 0.2) is 11.9 Å². The maximum absolute atomic E-state index is 6.99. The molecule has 8 N–H and O–H groups in total. The first-order valence-corrected chi connectivity index (χ1v) is 4.12. The van der Waals surface area contributed by atoms with Crippen LogP contribution in [0.1, 0.15) is 0 Å². The van der Waals surface area contributed by atoms with Gasteiger partial charge in [-0.1, -0.05) is 11.6 Å². The van der Waals surface area contributed by atoms with Crippen LogP contribution in [-0.2, 0) is 0 Å². The monoisotopic (exact) mass is 228 g/mol. The van der Waals surface area contributed by atoms with Crippen LogP contribution in [0, 0.1) is 10.8 Å². The van der Waals surface area contributed by atoms with Gasteiger partial charge in [-0.25, -0.2) is 4.98 Å². The van der Waals surface area contributed by atoms with Crippen molar-refractivity contribution >= 4 is 35.3 Å². The lowest BCUT2D eigenvalue weighted by Crippen LogP contribution is -2.24. The second kappa shape index (κ2) is 4.42. The molecule has 0 bridgehead atoms. The van der Waals surface area contributed by atoms with Crippen molar-refractivity contribution < 1.29 is 0 Å². The largest absolute Gasteiger partial charge is 0.370 e. The zero-order chi connectivity index (χ0) is 11.4. The van der Waals surface area contributed by atoms with Gasteiger partial charge in [-0.15, -0.1) is 0 Å². The van der Waals surface area contributed by atoms with E-state index < -0.39 is 0 Å². The maximum Gasteiger partial charge on any atom is 0.232 e. The fourth-order valence-corrected chi connectivity index (χ4v) is 0.979. The Morgan fingerprint density at radius 1 is 1.20 bits per heavy atom. The lowest BCUT2D eigenvalue weighted by Gasteiger charge is -2.06. The summed E-state index contributed by atoms with van der Waals surface area (Å²) in [6.45, 7) is 0. The van der Waals surface area contributed by atoms with Crippen molar-refractivity contribution in [2.24, 2.45) is 11.5 Å². The van der Waals surface area contributed by atoms with Gasteiger partial charge in [0, 0.05) is 6.07 Å². The molecule has 0 spiro atoms. The molecule has 0 fully saturated rings. The van der Waals surface area contributed by atoms with Gasteiger partial charge in [0.2, 0.25) is 5.95 Å². The second-order valence-electron chi connectivity index (χ2n) is 2.48. The second-order valence-corrected chi connectivity index (χ2v) is 2.86. The van der Waals surface area contributed by atoms with E-state index in [4.69, 9.17) is 33.9 Å². The van der Waals surface area contributed by atoms with Gasteiger partial charge in [0.05, 0.1) is 0 Å². The molecule has 0 atom stereocenters. The van der Waals surface area contributed by atoms with Crippen LogP contribution in [0.25, 0.3) is 0 Å². The normalized spacial score (nSPS) is 9.40. The van der Waals surface area contributed by atoms with Crippen LogP contribution in [-0.4, -0.2) is 21.9 Å². The third-order valence-corrected chi connectivity index (χ3v) is 1.40. The molecule has 0 amide bonds. The zero-order valence-electron chi connectivity index (χ0n) is 7.50. The molecule has 1 aromatic heterocycles. The molecular weight excluding hydrogens is 220 g/mol. The predicted molar refractivity (Wildman–Crippen MR) is 58.1 cm³/mol. The lowest BCUT2D eigenvalue weighted by atomic mass is 10.5. The quantitative estimate of drug-likeness (QED) is 0.233. The molecule has 1 aromatic rings. The van der Waals surface area contributed by atoms with E-state index in [1.807, 2.05) is 0 Å². The highest BCUT2D eigenvalue weighted by Crippen LogP contribution is 2.13. The lowest BCUT2D eigenvalue weighted by molar-refractivity contribution is 1.16. The fraction of sp³-hybridized carbons (Fsp3) is 0. The smallest absolute Gasteiger partial charge is 0.232 e. The molecule has 0 aliphatic carbocycles. The molecule has 0 radical (unpaired) electrons. The summed E-state index contributed by atoms with van der Waals surface area (Å²) in [4.78, 5) is 7.61. The first-order chi connectivity index (χ1) is 6.97. The van der Waals surface area contributed by atoms with Crippen LogP contribution in [0.3, 0.4) is 0 Å². The Bertz CT molecular complexity index is 368. The molecular formula is C6H9ClN8. The summed E-state index contributed by atoms with van der Waals surface area (Å²) in [6.07, 6.45) is 0. The average molecular weight is 229 g/mol. The van der Waals surface area contributed by atoms with Crippen LogP contribution in [0.5, 0.6) is 0 Å². The first kappa shape index (κ1) is 11.0. The molecule has 15 heavy (non-hydrogen) atoms. The highest BCUT2D eigenvalue weighted by molar-refractivity contribution is 6.29. The number of halogens is 1. The van der Waals surface area contributed by atoms with Crippen LogP contribution >= 0.6 is 11.6 Å². The summed E-state index contributed by atoms with van der Waals surface area (Å²) in [5.41, 5.74) is 10.2. The SMILES string of the molecule is N=C(N)Nc1cc(Cl)nc(NC(=N)N)n1. The topological polar surface area (TPSA) is 150 Å². The van der Waals surface area contributed by atoms with Gasteiger partial charge in [0.1, 0.15) is 11.0 Å². The summed E-state index contributed by atoms with van der Waals surface area (Å²) in [6, 6.07) is 1.38. The number of nitrogens with two attached hydrogens (primary N) is 2. The summed E-state index contributed by atoms with van der Waals surface area (Å²) in [5.74, 6) is -0.297. The van der Waals surface area contributed by atoms with E-state index in [-0.39, 0.29) is 28.8 Å². The maximum atomic E-state index is 6.99. The Balaban J connectivity index is 2.94. The molecule has 0 aromatic carbocycles. The van der Waals surface area contributed by atoms with Gasteiger partial charge in [0.25, 0.3) is 0 Å². The molecule has 1 heterocycles. The molecule has 1 rings (SSSR count). The standard InChI is InChI=1S/C6H9ClN8/c7-2-1-3(13-4(8)9)14-6(12-2)15-5(10)11/h1H,(H8,8,9,10,11,12,13,14,15). The molecule has 0 aliphatic rings. The van der Waals surface area contributed by atoms with Crippen molar-refractivity contribution in [2.45, 2.75) is 0 Å². The first-order valence-electron chi connectivity index (χ1n) is 3.74. The number of nitrogens with zero attached hydrogens (tertiary/aromatic N) is 2. The van der Waals surface area contributed by atoms with Crippen LogP contribution < -0.4 is 22.1 Å². The molecule has 0 unspecified atom stereocenters. The minimum Gasteiger partial charge on any atom is -0.370 e. The van der Waals surface area contributed by atoms with Gasteiger partial charge in [-0.3, -0.25) is 16.1 Å². The molecule has 0 aliphatic heterocycles. The molecule has 0 saturated carbocycles. The van der Waals surface area contributed by atoms with Gasteiger partial charge in [-0.2, -0.15) is 4.98 Å². The Kier molecular flexibility index (Phi) is 3.24. The minimum absolute atomic E-state index is 0.0544. The fourth-order valence-electron chi connectivity index (χ4n) is 0.796. The van der Waals surface area contributed by atoms with Crippen molar-refractivity contribution in [1.29, 1.82) is 10.8 Å². The van der Waals surface area contributed by atoms with Crippen molar-refractivity contribution in [1.82, 2.24) is 9.97 Å². The number of aromatic nitrogens is 2. The van der Waals surface area contributed by atoms with E-state index >= 15 is 0 Å². The summed E-state index contributed by atoms with van der Waals surface area (Å²) in [5, 5.41) is 18.9. The van der Waals surface area contributed by atoms with Crippen molar-refractivity contribution in [2.75, 3.05) is 10.6 Å². The van der Waals surface area contributed by atoms with E-state index in [0.717, 1.165) is 0 Å². The van der Waals surface area contributed by atoms with Crippen molar-refractivity contribution in [3.8, 4) is 0 Å². The van der Waals surface area contributed by atoms with Gasteiger partial charge >= 0.3 is 0 Å². The summed E-state index contributed by atoms with van der Waals surface area (Å²) >= 11 is 5.66. The van der Waals surface area contributed by atoms with Crippen LogP contribution in [0.4, 0.5) is 11.8 Å². The van der Waals surface area contributed by atoms with Gasteiger partial charge < -0.3 is 16.8 Å². The van der Waals surface area contributed by atoms with Crippen LogP contribution in [0.2, 0.25) is 5.15 Å². The van der Waals surface area contributed by atoms with E-state index in [1.54, 1.807) is 0 Å². The molecule has 80 valence electrons. The highest BCUT2D eigenvalue weighted by atomic mass is 35.5. The third kappa shape index (κ3) is 3.65. The summed E-state index contributed by atoms with van der Waals surface area (Å²) in [7, 11) is 0. The Morgan fingerprint density at radius 3 is 2.33 bits per heavy atom. The van der Waals surface area contributed by atoms with Gasteiger partial charge in [-0.05, 0) is 0 Å². The number of hydrogen-bond donors (Lipinski definition) is 6. The molecule has 0 saturated heterocycles. The minimum atomic E-state index is -0.314. The number of nitrogens with one attached hydrogen (secondary N) is 4. The third-order valence-electron chi connectivity index (χ3n) is 1.20. The zero-order valence-corrected chi connectivity index (χ0v) is 8.26. The predicted octanol–water partition coefficient (Wildman–Crippen LogP) is -0.259. The number of rotatable bonds is 2. The number of guanidine groups is 2. The van der Waals surface area contributed by atoms with Crippen LogP contribution in [0.15, 0.2) is 6.07 Å². The Morgan fingerprint density at radius 2 is 1.80 bits per heavy atom. The highest BCUT2D eigenvalue weighted by Gasteiger charge is 2.04. The van der Waals surface area contributed by atoms with E-state index in [1.165, 1.54) is 6.07 Å². The van der Waals surface area contributed by atoms with Crippen molar-refractivity contribution in [3.05, 3.63) is 11.2 Å². The summed E-state index contributed by atoms with van der Waals surface area (Å²) < 4.78 is 0. The molecule has 8 nitrogen and oxygen atoms in total. The Labute approximate surface area is 90.1 Å². The number of anilines is 2. The Hall–Kier alpha value is -2.09. The van der Waals surface area contributed by atoms with E-state index in [9.17, 15) is 0 Å². The van der Waals surface area contributed by atoms with Crippen molar-refractivity contribution in [3.63, 3.8) is 0 Å². The average Bonchev–Trinajstić information content (AvgIpc) is 1.98. The van der Waals surface area contributed by atoms with E-state index in [2.05, 4.69) is 20.6 Å². The van der Waals surface area contributed by atoms with E-state index in [0.29, 0.717) is 0 Å². The molecule has 9 heteroatoms. The number of hydrogen-bond acceptors (Lipinski definition) is 4.